The quantitative estimate of drug-likeness (QED) is 0.778. The van der Waals surface area contributed by atoms with Gasteiger partial charge in [0.1, 0.15) is 0 Å². The molecule has 1 heterocycles. The third-order valence-electron chi connectivity index (χ3n) is 4.41. The smallest absolute Gasteiger partial charge is 0.213 e. The monoisotopic (exact) mass is 331 g/mol. The topological polar surface area (TPSA) is 78.5 Å². The number of methoxy groups -OCH3 is 1. The van der Waals surface area contributed by atoms with Gasteiger partial charge in [0.05, 0.1) is 24.7 Å². The van der Waals surface area contributed by atoms with E-state index in [9.17, 15) is 10.4 Å². The number of hydrogen-bond acceptors (Lipinski definition) is 5. The lowest BCUT2D eigenvalue weighted by Gasteiger charge is -2.32. The van der Waals surface area contributed by atoms with Gasteiger partial charge in [-0.15, -0.1) is 0 Å². The molecule has 0 aliphatic heterocycles. The maximum absolute atomic E-state index is 10.8. The highest BCUT2D eigenvalue weighted by Crippen LogP contribution is 2.30. The number of aliphatic hydroxyl groups excluding tert-OH is 1. The molecule has 0 saturated heterocycles. The summed E-state index contributed by atoms with van der Waals surface area (Å²) in [5, 5.41) is 20.3. The Labute approximate surface area is 145 Å². The first-order valence-corrected chi connectivity index (χ1v) is 8.24. The molecule has 24 heavy (non-hydrogen) atoms. The summed E-state index contributed by atoms with van der Waals surface area (Å²) >= 11 is 0. The van der Waals surface area contributed by atoms with Crippen LogP contribution in [-0.4, -0.2) is 36.1 Å². The number of ether oxygens (including phenoxy) is 1. The van der Waals surface area contributed by atoms with Crippen LogP contribution in [-0.2, 0) is 6.42 Å². The van der Waals surface area contributed by atoms with E-state index in [-0.39, 0.29) is 11.8 Å². The van der Waals surface area contributed by atoms with Crippen LogP contribution < -0.4 is 4.74 Å². The Kier molecular flexibility index (Phi) is 6.92. The molecule has 0 unspecified atom stereocenters. The molecule has 2 atom stereocenters. The summed E-state index contributed by atoms with van der Waals surface area (Å²) in [6, 6.07) is 6.08. The Morgan fingerprint density at radius 1 is 1.42 bits per heavy atom. The van der Waals surface area contributed by atoms with Crippen molar-refractivity contribution in [2.75, 3.05) is 14.2 Å². The molecule has 0 radical (unpaired) electrons. The van der Waals surface area contributed by atoms with E-state index in [2.05, 4.69) is 16.0 Å². The number of aliphatic imine (C=N–C) groups is 1. The van der Waals surface area contributed by atoms with Crippen LogP contribution >= 0.6 is 0 Å². The molecular formula is C19H29N3O2. The summed E-state index contributed by atoms with van der Waals surface area (Å²) in [5.74, 6) is 0.318. The van der Waals surface area contributed by atoms with Crippen molar-refractivity contribution < 1.29 is 9.84 Å². The average Bonchev–Trinajstić information content (AvgIpc) is 2.55. The molecule has 1 N–H and O–H groups in total. The number of aromatic nitrogens is 1. The highest BCUT2D eigenvalue weighted by Gasteiger charge is 2.36. The Balaban J connectivity index is 3.33. The van der Waals surface area contributed by atoms with Gasteiger partial charge in [-0.1, -0.05) is 19.9 Å². The van der Waals surface area contributed by atoms with Crippen LogP contribution in [0.3, 0.4) is 0 Å². The van der Waals surface area contributed by atoms with E-state index in [0.29, 0.717) is 18.0 Å². The SMILES string of the molecule is CN=C([C@@H](Cc1nc(OC)ccc1C)[C@H](O)C(C)C)C(C)(C)C#N. The van der Waals surface area contributed by atoms with Crippen LogP contribution in [0, 0.1) is 35.5 Å². The lowest BCUT2D eigenvalue weighted by Crippen LogP contribution is -2.41. The van der Waals surface area contributed by atoms with E-state index in [0.717, 1.165) is 11.3 Å². The van der Waals surface area contributed by atoms with Gasteiger partial charge in [-0.25, -0.2) is 4.98 Å². The van der Waals surface area contributed by atoms with E-state index in [1.165, 1.54) is 0 Å². The van der Waals surface area contributed by atoms with Crippen LogP contribution in [0.15, 0.2) is 17.1 Å². The number of rotatable bonds is 7. The molecule has 0 aliphatic rings. The molecule has 132 valence electrons. The Hall–Kier alpha value is -1.93. The first-order chi connectivity index (χ1) is 11.2. The van der Waals surface area contributed by atoms with Crippen LogP contribution in [0.4, 0.5) is 0 Å². The molecule has 0 aliphatic carbocycles. The minimum Gasteiger partial charge on any atom is -0.481 e. The molecule has 0 saturated carbocycles. The summed E-state index contributed by atoms with van der Waals surface area (Å²) in [6.07, 6.45) is -0.0936. The fourth-order valence-electron chi connectivity index (χ4n) is 2.89. The predicted octanol–water partition coefficient (Wildman–Crippen LogP) is 3.19. The zero-order valence-electron chi connectivity index (χ0n) is 15.8. The van der Waals surface area contributed by atoms with Gasteiger partial charge in [-0.05, 0) is 32.3 Å². The Morgan fingerprint density at radius 2 is 2.04 bits per heavy atom. The standard InChI is InChI=1S/C19H29N3O2/c1-12(2)17(23)14(18(21-6)19(4,5)11-20)10-15-13(3)8-9-16(22-15)24-7/h8-9,12,14,17,23H,10H2,1-7H3/t14-,17+/m0/s1. The van der Waals surface area contributed by atoms with Crippen molar-refractivity contribution in [1.29, 1.82) is 5.26 Å². The van der Waals surface area contributed by atoms with Crippen molar-refractivity contribution in [3.63, 3.8) is 0 Å². The zero-order valence-corrected chi connectivity index (χ0v) is 15.8. The minimum atomic E-state index is -0.748. The second kappa shape index (κ2) is 8.25. The summed E-state index contributed by atoms with van der Waals surface area (Å²) in [5.41, 5.74) is 1.84. The van der Waals surface area contributed by atoms with E-state index >= 15 is 0 Å². The van der Waals surface area contributed by atoms with Crippen molar-refractivity contribution in [3.05, 3.63) is 23.4 Å². The fourth-order valence-corrected chi connectivity index (χ4v) is 2.89. The molecule has 0 fully saturated rings. The lowest BCUT2D eigenvalue weighted by molar-refractivity contribution is 0.0884. The highest BCUT2D eigenvalue weighted by molar-refractivity contribution is 5.94. The first-order valence-electron chi connectivity index (χ1n) is 8.24. The molecule has 1 aromatic rings. The Morgan fingerprint density at radius 3 is 2.50 bits per heavy atom. The molecule has 0 amide bonds. The first kappa shape index (κ1) is 20.1. The maximum atomic E-state index is 10.8. The van der Waals surface area contributed by atoms with Gasteiger partial charge in [0.15, 0.2) is 0 Å². The average molecular weight is 331 g/mol. The summed E-state index contributed by atoms with van der Waals surface area (Å²) in [4.78, 5) is 8.90. The zero-order chi connectivity index (χ0) is 18.5. The summed E-state index contributed by atoms with van der Waals surface area (Å²) in [6.45, 7) is 9.59. The lowest BCUT2D eigenvalue weighted by atomic mass is 9.74. The molecule has 0 bridgehead atoms. The van der Waals surface area contributed by atoms with Crippen LogP contribution in [0.1, 0.15) is 39.0 Å². The minimum absolute atomic E-state index is 0.0483. The summed E-state index contributed by atoms with van der Waals surface area (Å²) in [7, 11) is 3.26. The largest absolute Gasteiger partial charge is 0.481 e. The van der Waals surface area contributed by atoms with Gasteiger partial charge < -0.3 is 9.84 Å². The third-order valence-corrected chi connectivity index (χ3v) is 4.41. The molecule has 5 heteroatoms. The van der Waals surface area contributed by atoms with E-state index in [4.69, 9.17) is 4.74 Å². The highest BCUT2D eigenvalue weighted by atomic mass is 16.5. The van der Waals surface area contributed by atoms with Crippen molar-refractivity contribution in [1.82, 2.24) is 4.98 Å². The van der Waals surface area contributed by atoms with Crippen molar-refractivity contribution in [2.24, 2.45) is 22.2 Å². The number of pyridine rings is 1. The van der Waals surface area contributed by atoms with Gasteiger partial charge in [0, 0.05) is 36.9 Å². The van der Waals surface area contributed by atoms with Gasteiger partial charge in [-0.3, -0.25) is 4.99 Å². The number of aryl methyl sites for hydroxylation is 1. The van der Waals surface area contributed by atoms with Crippen LogP contribution in [0.25, 0.3) is 0 Å². The van der Waals surface area contributed by atoms with Crippen molar-refractivity contribution >= 4 is 5.71 Å². The molecule has 5 nitrogen and oxygen atoms in total. The second-order valence-corrected chi connectivity index (χ2v) is 7.01. The van der Waals surface area contributed by atoms with Crippen LogP contribution in [0.5, 0.6) is 5.88 Å². The van der Waals surface area contributed by atoms with Gasteiger partial charge >= 0.3 is 0 Å². The summed E-state index contributed by atoms with van der Waals surface area (Å²) < 4.78 is 5.22. The molecule has 1 aromatic heterocycles. The van der Waals surface area contributed by atoms with E-state index in [1.54, 1.807) is 14.2 Å². The number of hydrogen-bond donors (Lipinski definition) is 1. The van der Waals surface area contributed by atoms with Crippen LogP contribution in [0.2, 0.25) is 0 Å². The molecule has 0 spiro atoms. The van der Waals surface area contributed by atoms with Gasteiger partial charge in [-0.2, -0.15) is 5.26 Å². The molecule has 0 aromatic carbocycles. The van der Waals surface area contributed by atoms with Crippen molar-refractivity contribution in [3.8, 4) is 11.9 Å². The fraction of sp³-hybridized carbons (Fsp3) is 0.632. The van der Waals surface area contributed by atoms with E-state index in [1.807, 2.05) is 46.8 Å². The normalized spacial score (nSPS) is 15.1. The molecule has 1 rings (SSSR count). The number of nitrogens with zero attached hydrogens (tertiary/aromatic N) is 3. The van der Waals surface area contributed by atoms with Gasteiger partial charge in [0.25, 0.3) is 0 Å². The number of aliphatic hydroxyl groups is 1. The van der Waals surface area contributed by atoms with E-state index < -0.39 is 11.5 Å². The van der Waals surface area contributed by atoms with Gasteiger partial charge in [0.2, 0.25) is 5.88 Å². The Bertz CT molecular complexity index is 630. The third kappa shape index (κ3) is 4.55. The second-order valence-electron chi connectivity index (χ2n) is 7.01. The predicted molar refractivity (Wildman–Crippen MR) is 96.3 cm³/mol. The maximum Gasteiger partial charge on any atom is 0.213 e. The number of nitriles is 1. The molecular weight excluding hydrogens is 302 g/mol. The van der Waals surface area contributed by atoms with Crippen molar-refractivity contribution in [2.45, 2.75) is 47.1 Å².